The molecule has 0 fully saturated rings. The van der Waals surface area contributed by atoms with E-state index >= 15 is 0 Å². The summed E-state index contributed by atoms with van der Waals surface area (Å²) in [6.45, 7) is 0. The second-order valence-corrected chi connectivity index (χ2v) is 5.74. The predicted molar refractivity (Wildman–Crippen MR) is 76.2 cm³/mol. The summed E-state index contributed by atoms with van der Waals surface area (Å²) >= 11 is 1.58. The Labute approximate surface area is 117 Å². The van der Waals surface area contributed by atoms with Crippen LogP contribution >= 0.6 is 11.8 Å². The van der Waals surface area contributed by atoms with Crippen molar-refractivity contribution in [3.63, 3.8) is 0 Å². The molecule has 1 aromatic heterocycles. The number of aryl methyl sites for hydroxylation is 2. The van der Waals surface area contributed by atoms with Crippen LogP contribution in [0.5, 0.6) is 0 Å². The molecule has 0 unspecified atom stereocenters. The minimum Gasteiger partial charge on any atom is -0.244 e. The van der Waals surface area contributed by atoms with Gasteiger partial charge in [-0.3, -0.25) is 0 Å². The monoisotopic (exact) mass is 266 g/mol. The molecule has 0 aliphatic heterocycles. The molecule has 0 saturated heterocycles. The van der Waals surface area contributed by atoms with Crippen LogP contribution in [0, 0.1) is 11.3 Å². The molecule has 1 aliphatic carbocycles. The first kappa shape index (κ1) is 12.3. The highest BCUT2D eigenvalue weighted by Gasteiger charge is 2.15. The molecule has 0 bridgehead atoms. The number of rotatable bonds is 2. The molecule has 1 heterocycles. The normalized spacial score (nSPS) is 13.6. The fourth-order valence-corrected chi connectivity index (χ4v) is 3.26. The van der Waals surface area contributed by atoms with Crippen LogP contribution in [0.3, 0.4) is 0 Å². The molecule has 2 aromatic rings. The van der Waals surface area contributed by atoms with Crippen LogP contribution in [-0.2, 0) is 12.8 Å². The van der Waals surface area contributed by atoms with E-state index in [0.717, 1.165) is 22.8 Å². The van der Waals surface area contributed by atoms with Gasteiger partial charge in [0.25, 0.3) is 0 Å². The number of benzene rings is 1. The first-order valence-electron chi connectivity index (χ1n) is 6.52. The summed E-state index contributed by atoms with van der Waals surface area (Å²) in [5.41, 5.74) is 3.15. The van der Waals surface area contributed by atoms with Gasteiger partial charge >= 0.3 is 0 Å². The summed E-state index contributed by atoms with van der Waals surface area (Å²) in [6.07, 6.45) is 4.53. The van der Waals surface area contributed by atoms with Crippen molar-refractivity contribution in [1.82, 2.24) is 4.98 Å². The van der Waals surface area contributed by atoms with E-state index in [1.165, 1.54) is 24.1 Å². The van der Waals surface area contributed by atoms with Crippen LogP contribution in [0.4, 0.5) is 0 Å². The summed E-state index contributed by atoms with van der Waals surface area (Å²) < 4.78 is 0. The Morgan fingerprint density at radius 2 is 1.89 bits per heavy atom. The summed E-state index contributed by atoms with van der Waals surface area (Å²) in [6, 6.07) is 14.4. The lowest BCUT2D eigenvalue weighted by Crippen LogP contribution is -2.07. The lowest BCUT2D eigenvalue weighted by Gasteiger charge is -2.16. The van der Waals surface area contributed by atoms with Crippen LogP contribution in [0.25, 0.3) is 0 Å². The van der Waals surface area contributed by atoms with E-state index in [4.69, 9.17) is 4.98 Å². The van der Waals surface area contributed by atoms with E-state index in [1.807, 2.05) is 36.4 Å². The standard InChI is InChI=1S/C16H14N2S/c17-11-13-10-12-6-4-5-9-15(12)18-16(13)19-14-7-2-1-3-8-14/h1-3,7-8,10H,4-6,9H2. The summed E-state index contributed by atoms with van der Waals surface area (Å²) in [5.74, 6) is 0. The fraction of sp³-hybridized carbons (Fsp3) is 0.250. The van der Waals surface area contributed by atoms with Gasteiger partial charge in [0.2, 0.25) is 0 Å². The van der Waals surface area contributed by atoms with Gasteiger partial charge < -0.3 is 0 Å². The van der Waals surface area contributed by atoms with Crippen molar-refractivity contribution in [1.29, 1.82) is 5.26 Å². The summed E-state index contributed by atoms with van der Waals surface area (Å²) in [4.78, 5) is 5.85. The van der Waals surface area contributed by atoms with Crippen LogP contribution in [0.15, 0.2) is 46.3 Å². The molecule has 0 radical (unpaired) electrons. The van der Waals surface area contributed by atoms with Gasteiger partial charge in [-0.15, -0.1) is 0 Å². The number of hydrogen-bond acceptors (Lipinski definition) is 3. The minimum absolute atomic E-state index is 0.703. The maximum absolute atomic E-state index is 9.29. The highest BCUT2D eigenvalue weighted by atomic mass is 32.2. The first-order chi connectivity index (χ1) is 9.36. The van der Waals surface area contributed by atoms with Crippen molar-refractivity contribution in [2.24, 2.45) is 0 Å². The van der Waals surface area contributed by atoms with Gasteiger partial charge in [-0.1, -0.05) is 30.0 Å². The van der Waals surface area contributed by atoms with Crippen molar-refractivity contribution >= 4 is 11.8 Å². The smallest absolute Gasteiger partial charge is 0.119 e. The van der Waals surface area contributed by atoms with Gasteiger partial charge in [0.05, 0.1) is 5.56 Å². The average molecular weight is 266 g/mol. The molecular formula is C16H14N2S. The van der Waals surface area contributed by atoms with Gasteiger partial charge in [0, 0.05) is 10.6 Å². The number of hydrogen-bond donors (Lipinski definition) is 0. The summed E-state index contributed by atoms with van der Waals surface area (Å²) in [5, 5.41) is 10.1. The Balaban J connectivity index is 1.98. The van der Waals surface area contributed by atoms with E-state index in [-0.39, 0.29) is 0 Å². The molecule has 0 spiro atoms. The number of aromatic nitrogens is 1. The summed E-state index contributed by atoms with van der Waals surface area (Å²) in [7, 11) is 0. The number of nitriles is 1. The number of fused-ring (bicyclic) bond motifs is 1. The van der Waals surface area contributed by atoms with E-state index < -0.39 is 0 Å². The maximum Gasteiger partial charge on any atom is 0.119 e. The minimum atomic E-state index is 0.703. The van der Waals surface area contributed by atoms with E-state index in [9.17, 15) is 5.26 Å². The second kappa shape index (κ2) is 5.46. The molecule has 3 rings (SSSR count). The van der Waals surface area contributed by atoms with Crippen LogP contribution in [-0.4, -0.2) is 4.98 Å². The van der Waals surface area contributed by atoms with Crippen molar-refractivity contribution in [2.45, 2.75) is 35.6 Å². The molecule has 0 N–H and O–H groups in total. The Morgan fingerprint density at radius 1 is 1.11 bits per heavy atom. The van der Waals surface area contributed by atoms with Gasteiger partial charge in [-0.2, -0.15) is 5.26 Å². The molecule has 0 saturated carbocycles. The highest BCUT2D eigenvalue weighted by molar-refractivity contribution is 7.99. The van der Waals surface area contributed by atoms with Crippen LogP contribution in [0.1, 0.15) is 29.7 Å². The molecule has 1 aliphatic rings. The third kappa shape index (κ3) is 2.64. The SMILES string of the molecule is N#Cc1cc2c(nc1Sc1ccccc1)CCCC2. The Hall–Kier alpha value is -1.79. The zero-order valence-corrected chi connectivity index (χ0v) is 11.4. The second-order valence-electron chi connectivity index (χ2n) is 4.68. The largest absolute Gasteiger partial charge is 0.244 e. The van der Waals surface area contributed by atoms with Crippen molar-refractivity contribution in [3.8, 4) is 6.07 Å². The van der Waals surface area contributed by atoms with Crippen LogP contribution in [0.2, 0.25) is 0 Å². The van der Waals surface area contributed by atoms with Crippen molar-refractivity contribution < 1.29 is 0 Å². The van der Waals surface area contributed by atoms with E-state index in [2.05, 4.69) is 6.07 Å². The first-order valence-corrected chi connectivity index (χ1v) is 7.34. The van der Waals surface area contributed by atoms with Crippen molar-refractivity contribution in [3.05, 3.63) is 53.2 Å². The molecule has 2 nitrogen and oxygen atoms in total. The molecule has 0 atom stereocenters. The van der Waals surface area contributed by atoms with E-state index in [1.54, 1.807) is 11.8 Å². The molecule has 19 heavy (non-hydrogen) atoms. The fourth-order valence-electron chi connectivity index (χ4n) is 2.37. The molecule has 94 valence electrons. The van der Waals surface area contributed by atoms with Gasteiger partial charge in [-0.05, 0) is 49.4 Å². The maximum atomic E-state index is 9.29. The van der Waals surface area contributed by atoms with Gasteiger partial charge in [0.1, 0.15) is 11.1 Å². The number of pyridine rings is 1. The molecule has 3 heteroatoms. The quantitative estimate of drug-likeness (QED) is 0.825. The molecule has 1 aromatic carbocycles. The predicted octanol–water partition coefficient (Wildman–Crippen LogP) is 3.98. The lowest BCUT2D eigenvalue weighted by atomic mass is 9.95. The van der Waals surface area contributed by atoms with E-state index in [0.29, 0.717) is 5.56 Å². The van der Waals surface area contributed by atoms with Crippen LogP contribution < -0.4 is 0 Å². The highest BCUT2D eigenvalue weighted by Crippen LogP contribution is 2.31. The van der Waals surface area contributed by atoms with Gasteiger partial charge in [0.15, 0.2) is 0 Å². The van der Waals surface area contributed by atoms with Gasteiger partial charge in [-0.25, -0.2) is 4.98 Å². The average Bonchev–Trinajstić information content (AvgIpc) is 2.47. The molecular weight excluding hydrogens is 252 g/mol. The molecule has 0 amide bonds. The Bertz CT molecular complexity index is 629. The zero-order valence-electron chi connectivity index (χ0n) is 10.6. The number of nitrogens with zero attached hydrogens (tertiary/aromatic N) is 2. The Kier molecular flexibility index (Phi) is 3.52. The third-order valence-electron chi connectivity index (χ3n) is 3.34. The zero-order chi connectivity index (χ0) is 13.1. The Morgan fingerprint density at radius 3 is 2.68 bits per heavy atom. The topological polar surface area (TPSA) is 36.7 Å². The third-order valence-corrected chi connectivity index (χ3v) is 4.36. The lowest BCUT2D eigenvalue weighted by molar-refractivity contribution is 0.660. The van der Waals surface area contributed by atoms with Crippen molar-refractivity contribution in [2.75, 3.05) is 0 Å².